The quantitative estimate of drug-likeness (QED) is 0.153. The molecule has 0 bridgehead atoms. The van der Waals surface area contributed by atoms with E-state index in [1.807, 2.05) is 99.6 Å². The van der Waals surface area contributed by atoms with E-state index in [0.29, 0.717) is 17.1 Å². The molecule has 3 aromatic carbocycles. The number of hydrogen-bond donors (Lipinski definition) is 3. The van der Waals surface area contributed by atoms with Gasteiger partial charge in [-0.05, 0) is 53.3 Å². The Morgan fingerprint density at radius 3 is 1.82 bits per heavy atom. The minimum atomic E-state index is -2.05. The second-order valence-corrected chi connectivity index (χ2v) is 17.8. The van der Waals surface area contributed by atoms with E-state index >= 15 is 0 Å². The number of nitrogens with zero attached hydrogens (tertiary/aromatic N) is 1. The molecule has 1 saturated heterocycles. The number of aliphatic hydroxyl groups is 2. The van der Waals surface area contributed by atoms with Crippen LogP contribution < -0.4 is 20.7 Å². The van der Waals surface area contributed by atoms with Gasteiger partial charge in [-0.15, -0.1) is 0 Å². The standard InChI is InChI=1S/C39H50N2O8Si/c1-25-23-41(35(44)40-33(25)43)37(24-46-5)34(50(8)9)39(45,36(2,3)4)32(49-37)31(42)38(26-13-11-10-12-14-26,27-15-19-29(47-6)20-16-27)28-17-21-30(48-7)22-18-28/h10-23,31-32,34,42,45,50H,24H2,1-9H3,(H,40,43,44)/t31?,32-,34?,37-,39-/m1/s1. The fraction of sp³-hybridized carbons (Fsp3) is 0.436. The first kappa shape index (κ1) is 37.3. The maximum atomic E-state index is 13.8. The number of rotatable bonds is 11. The SMILES string of the molecule is COC[C@@]1(n2cc(C)c(=O)[nH]c2=O)O[C@H](C(O)C(c2ccccc2)(c2ccc(OC)cc2)c2ccc(OC)cc2)[C@](O)(C(C)(C)C)C1[SiH](C)C. The van der Waals surface area contributed by atoms with Gasteiger partial charge in [-0.2, -0.15) is 0 Å². The number of aromatic amines is 1. The van der Waals surface area contributed by atoms with E-state index in [1.165, 1.54) is 17.9 Å². The van der Waals surface area contributed by atoms with Crippen LogP contribution in [0.5, 0.6) is 11.5 Å². The summed E-state index contributed by atoms with van der Waals surface area (Å²) in [6, 6.07) is 24.7. The van der Waals surface area contributed by atoms with Crippen molar-refractivity contribution in [3.05, 3.63) is 128 Å². The van der Waals surface area contributed by atoms with Crippen molar-refractivity contribution >= 4 is 8.80 Å². The van der Waals surface area contributed by atoms with Crippen LogP contribution in [0.2, 0.25) is 18.6 Å². The Bertz CT molecular complexity index is 1840. The van der Waals surface area contributed by atoms with Crippen molar-refractivity contribution in [2.45, 2.75) is 75.3 Å². The Morgan fingerprint density at radius 2 is 1.38 bits per heavy atom. The van der Waals surface area contributed by atoms with Gasteiger partial charge < -0.3 is 29.2 Å². The summed E-state index contributed by atoms with van der Waals surface area (Å²) in [6.07, 6.45) is -1.27. The summed E-state index contributed by atoms with van der Waals surface area (Å²) in [4.78, 5) is 28.8. The molecule has 10 nitrogen and oxygen atoms in total. The minimum absolute atomic E-state index is 0.126. The summed E-state index contributed by atoms with van der Waals surface area (Å²) in [5.74, 6) is 1.28. The van der Waals surface area contributed by atoms with Gasteiger partial charge in [-0.3, -0.25) is 14.3 Å². The fourth-order valence-corrected chi connectivity index (χ4v) is 11.3. The average molecular weight is 703 g/mol. The first-order valence-corrected chi connectivity index (χ1v) is 19.9. The van der Waals surface area contributed by atoms with E-state index in [-0.39, 0.29) is 6.61 Å². The van der Waals surface area contributed by atoms with Gasteiger partial charge in [0.2, 0.25) is 0 Å². The molecule has 2 unspecified atom stereocenters. The van der Waals surface area contributed by atoms with E-state index < -0.39 is 60.0 Å². The number of ether oxygens (including phenoxy) is 4. The van der Waals surface area contributed by atoms with Gasteiger partial charge in [0.15, 0.2) is 5.72 Å². The highest BCUT2D eigenvalue weighted by atomic mass is 28.3. The van der Waals surface area contributed by atoms with Gasteiger partial charge in [0.05, 0.1) is 26.2 Å². The zero-order chi connectivity index (χ0) is 36.6. The molecule has 1 aliphatic rings. The largest absolute Gasteiger partial charge is 0.497 e. The molecule has 268 valence electrons. The van der Waals surface area contributed by atoms with Crippen molar-refractivity contribution in [1.29, 1.82) is 0 Å². The second kappa shape index (κ2) is 14.0. The predicted molar refractivity (Wildman–Crippen MR) is 196 cm³/mol. The molecule has 1 fully saturated rings. The monoisotopic (exact) mass is 702 g/mol. The van der Waals surface area contributed by atoms with Crippen LogP contribution in [-0.4, -0.2) is 74.3 Å². The average Bonchev–Trinajstić information content (AvgIpc) is 3.38. The van der Waals surface area contributed by atoms with E-state index in [1.54, 1.807) is 21.1 Å². The van der Waals surface area contributed by atoms with Crippen LogP contribution in [0, 0.1) is 12.3 Å². The number of aryl methyl sites for hydroxylation is 1. The lowest BCUT2D eigenvalue weighted by molar-refractivity contribution is -0.192. The number of methoxy groups -OCH3 is 3. The number of aliphatic hydroxyl groups excluding tert-OH is 1. The summed E-state index contributed by atoms with van der Waals surface area (Å²) in [6.45, 7) is 11.4. The van der Waals surface area contributed by atoms with Crippen LogP contribution in [0.4, 0.5) is 0 Å². The third-order valence-electron chi connectivity index (χ3n) is 10.5. The van der Waals surface area contributed by atoms with Crippen LogP contribution >= 0.6 is 0 Å². The van der Waals surface area contributed by atoms with Gasteiger partial charge in [0.25, 0.3) is 5.56 Å². The topological polar surface area (TPSA) is 132 Å². The molecule has 0 amide bonds. The molecule has 1 aliphatic heterocycles. The van der Waals surface area contributed by atoms with Gasteiger partial charge >= 0.3 is 5.69 Å². The first-order chi connectivity index (χ1) is 23.6. The van der Waals surface area contributed by atoms with Gasteiger partial charge in [0.1, 0.15) is 29.3 Å². The van der Waals surface area contributed by atoms with Crippen molar-refractivity contribution in [2.75, 3.05) is 27.9 Å². The lowest BCUT2D eigenvalue weighted by Gasteiger charge is -2.51. The molecule has 4 aromatic rings. The fourth-order valence-electron chi connectivity index (χ4n) is 8.23. The molecule has 11 heteroatoms. The number of nitrogens with one attached hydrogen (secondary N) is 1. The van der Waals surface area contributed by atoms with Crippen LogP contribution in [0.15, 0.2) is 94.6 Å². The maximum Gasteiger partial charge on any atom is 0.330 e. The number of H-pyrrole nitrogens is 1. The second-order valence-electron chi connectivity index (χ2n) is 14.6. The van der Waals surface area contributed by atoms with Crippen LogP contribution in [0.25, 0.3) is 0 Å². The Balaban J connectivity index is 1.92. The van der Waals surface area contributed by atoms with Crippen molar-refractivity contribution in [3.8, 4) is 11.5 Å². The third-order valence-corrected chi connectivity index (χ3v) is 12.9. The van der Waals surface area contributed by atoms with Crippen LogP contribution in [0.1, 0.15) is 43.0 Å². The summed E-state index contributed by atoms with van der Waals surface area (Å²) in [5, 5.41) is 27.0. The number of benzene rings is 3. The highest BCUT2D eigenvalue weighted by Crippen LogP contribution is 2.61. The molecule has 3 N–H and O–H groups in total. The predicted octanol–water partition coefficient (Wildman–Crippen LogP) is 4.59. The molecule has 1 aromatic heterocycles. The van der Waals surface area contributed by atoms with E-state index in [0.717, 1.165) is 16.7 Å². The first-order valence-electron chi connectivity index (χ1n) is 16.9. The number of aromatic nitrogens is 2. The van der Waals surface area contributed by atoms with Crippen molar-refractivity contribution in [2.24, 2.45) is 5.41 Å². The molecule has 5 atom stereocenters. The molecule has 50 heavy (non-hydrogen) atoms. The van der Waals surface area contributed by atoms with E-state index in [2.05, 4.69) is 18.1 Å². The van der Waals surface area contributed by atoms with E-state index in [9.17, 15) is 19.8 Å². The molecule has 0 radical (unpaired) electrons. The summed E-state index contributed by atoms with van der Waals surface area (Å²) in [7, 11) is 2.65. The molecule has 0 aliphatic carbocycles. The van der Waals surface area contributed by atoms with Crippen LogP contribution in [-0.2, 0) is 20.6 Å². The summed E-state index contributed by atoms with van der Waals surface area (Å²) < 4.78 is 25.4. The smallest absolute Gasteiger partial charge is 0.330 e. The molecular formula is C39H50N2O8Si. The highest BCUT2D eigenvalue weighted by Gasteiger charge is 2.72. The number of hydrogen-bond acceptors (Lipinski definition) is 8. The molecular weight excluding hydrogens is 653 g/mol. The van der Waals surface area contributed by atoms with E-state index in [4.69, 9.17) is 18.9 Å². The third kappa shape index (κ3) is 5.84. The minimum Gasteiger partial charge on any atom is -0.497 e. The highest BCUT2D eigenvalue weighted by molar-refractivity contribution is 6.58. The summed E-state index contributed by atoms with van der Waals surface area (Å²) >= 11 is 0. The summed E-state index contributed by atoms with van der Waals surface area (Å²) in [5.41, 5.74) is -4.93. The zero-order valence-electron chi connectivity index (χ0n) is 30.4. The lowest BCUT2D eigenvalue weighted by atomic mass is 9.60. The Hall–Kier alpha value is -4.00. The Kier molecular flexibility index (Phi) is 10.4. The van der Waals surface area contributed by atoms with Crippen molar-refractivity contribution in [3.63, 3.8) is 0 Å². The van der Waals surface area contributed by atoms with Crippen LogP contribution in [0.3, 0.4) is 0 Å². The maximum absolute atomic E-state index is 13.8. The Labute approximate surface area is 295 Å². The van der Waals surface area contributed by atoms with Crippen molar-refractivity contribution in [1.82, 2.24) is 9.55 Å². The van der Waals surface area contributed by atoms with Gasteiger partial charge in [-0.25, -0.2) is 4.79 Å². The molecule has 0 spiro atoms. The van der Waals surface area contributed by atoms with Crippen molar-refractivity contribution < 1.29 is 29.2 Å². The van der Waals surface area contributed by atoms with Gasteiger partial charge in [-0.1, -0.05) is 88.5 Å². The molecule has 5 rings (SSSR count). The Morgan fingerprint density at radius 1 is 0.880 bits per heavy atom. The van der Waals surface area contributed by atoms with Gasteiger partial charge in [0, 0.05) is 33.2 Å². The zero-order valence-corrected chi connectivity index (χ0v) is 31.5. The lowest BCUT2D eigenvalue weighted by Crippen LogP contribution is -2.63. The normalized spacial score (nSPS) is 23.2. The molecule has 2 heterocycles. The molecule has 0 saturated carbocycles.